The van der Waals surface area contributed by atoms with E-state index in [1.807, 2.05) is 0 Å². The molecule has 3 rings (SSSR count). The zero-order chi connectivity index (χ0) is 8.67. The molecule has 0 aromatic rings. The van der Waals surface area contributed by atoms with E-state index >= 15 is 0 Å². The molecule has 72 valence electrons. The predicted octanol–water partition coefficient (Wildman–Crippen LogP) is 2.59. The van der Waals surface area contributed by atoms with Crippen LogP contribution in [-0.4, -0.2) is 12.3 Å². The Morgan fingerprint density at radius 3 is 3.08 bits per heavy atom. The van der Waals surface area contributed by atoms with Crippen LogP contribution in [-0.2, 0) is 4.84 Å². The van der Waals surface area contributed by atoms with Crippen LogP contribution in [0.15, 0.2) is 5.16 Å². The molecule has 0 spiro atoms. The molecule has 2 fully saturated rings. The Labute approximate surface area is 79.3 Å². The second kappa shape index (κ2) is 3.00. The minimum Gasteiger partial charge on any atom is -0.395 e. The van der Waals surface area contributed by atoms with E-state index in [0.717, 1.165) is 18.4 Å². The Bertz CT molecular complexity index is 236. The van der Waals surface area contributed by atoms with Crippen molar-refractivity contribution in [2.24, 2.45) is 22.9 Å². The lowest BCUT2D eigenvalue weighted by Crippen LogP contribution is -2.36. The van der Waals surface area contributed by atoms with Crippen molar-refractivity contribution in [1.29, 1.82) is 0 Å². The van der Waals surface area contributed by atoms with Crippen LogP contribution in [0.1, 0.15) is 38.5 Å². The quantitative estimate of drug-likeness (QED) is 0.560. The summed E-state index contributed by atoms with van der Waals surface area (Å²) in [5, 5.41) is 4.17. The summed E-state index contributed by atoms with van der Waals surface area (Å²) in [5.41, 5.74) is 1.38. The molecule has 3 atom stereocenters. The van der Waals surface area contributed by atoms with Gasteiger partial charge in [0.1, 0.15) is 6.61 Å². The molecule has 3 aliphatic rings. The van der Waals surface area contributed by atoms with Crippen molar-refractivity contribution in [1.82, 2.24) is 0 Å². The highest BCUT2D eigenvalue weighted by atomic mass is 16.6. The lowest BCUT2D eigenvalue weighted by atomic mass is 9.65. The van der Waals surface area contributed by atoms with Crippen LogP contribution in [0.4, 0.5) is 0 Å². The largest absolute Gasteiger partial charge is 0.395 e. The van der Waals surface area contributed by atoms with Gasteiger partial charge in [-0.3, -0.25) is 0 Å². The zero-order valence-corrected chi connectivity index (χ0v) is 8.04. The summed E-state index contributed by atoms with van der Waals surface area (Å²) in [5.74, 6) is 2.63. The number of hydrogen-bond donors (Lipinski definition) is 0. The van der Waals surface area contributed by atoms with Crippen molar-refractivity contribution in [3.05, 3.63) is 0 Å². The SMILES string of the molecule is C1CC[C@@H]2C3CON=C3CC[C@@H]2C1. The summed E-state index contributed by atoms with van der Waals surface area (Å²) >= 11 is 0. The molecule has 0 N–H and O–H groups in total. The number of rotatable bonds is 0. The van der Waals surface area contributed by atoms with Crippen LogP contribution < -0.4 is 0 Å². The van der Waals surface area contributed by atoms with Gasteiger partial charge in [0.2, 0.25) is 0 Å². The van der Waals surface area contributed by atoms with Crippen molar-refractivity contribution in [2.75, 3.05) is 6.61 Å². The number of hydrogen-bond acceptors (Lipinski definition) is 2. The molecule has 2 saturated carbocycles. The van der Waals surface area contributed by atoms with Gasteiger partial charge >= 0.3 is 0 Å². The predicted molar refractivity (Wildman–Crippen MR) is 51.6 cm³/mol. The first-order chi connectivity index (χ1) is 6.45. The van der Waals surface area contributed by atoms with Gasteiger partial charge < -0.3 is 4.84 Å². The third-order valence-electron chi connectivity index (χ3n) is 4.12. The van der Waals surface area contributed by atoms with E-state index in [1.165, 1.54) is 44.2 Å². The van der Waals surface area contributed by atoms with Crippen LogP contribution in [0.25, 0.3) is 0 Å². The van der Waals surface area contributed by atoms with Crippen LogP contribution in [0.3, 0.4) is 0 Å². The number of fused-ring (bicyclic) bond motifs is 3. The first-order valence-electron chi connectivity index (χ1n) is 5.64. The smallest absolute Gasteiger partial charge is 0.125 e. The fourth-order valence-corrected chi connectivity index (χ4v) is 3.42. The lowest BCUT2D eigenvalue weighted by molar-refractivity contribution is 0.102. The molecule has 2 aliphatic carbocycles. The first kappa shape index (κ1) is 7.84. The maximum absolute atomic E-state index is 5.23. The molecule has 0 aromatic heterocycles. The second-order valence-corrected chi connectivity index (χ2v) is 4.73. The van der Waals surface area contributed by atoms with E-state index in [2.05, 4.69) is 5.16 Å². The van der Waals surface area contributed by atoms with E-state index in [9.17, 15) is 0 Å². The second-order valence-electron chi connectivity index (χ2n) is 4.73. The normalized spacial score (nSPS) is 43.1. The van der Waals surface area contributed by atoms with E-state index in [4.69, 9.17) is 4.84 Å². The lowest BCUT2D eigenvalue weighted by Gasteiger charge is -2.38. The molecule has 13 heavy (non-hydrogen) atoms. The van der Waals surface area contributed by atoms with Gasteiger partial charge in [0.05, 0.1) is 5.71 Å². The fraction of sp³-hybridized carbons (Fsp3) is 0.909. The van der Waals surface area contributed by atoms with Crippen molar-refractivity contribution in [3.8, 4) is 0 Å². The fourth-order valence-electron chi connectivity index (χ4n) is 3.42. The summed E-state index contributed by atoms with van der Waals surface area (Å²) in [7, 11) is 0. The summed E-state index contributed by atoms with van der Waals surface area (Å²) in [6.07, 6.45) is 8.38. The Balaban J connectivity index is 1.82. The van der Waals surface area contributed by atoms with E-state index in [-0.39, 0.29) is 0 Å². The highest BCUT2D eigenvalue weighted by Gasteiger charge is 2.40. The molecule has 1 heterocycles. The topological polar surface area (TPSA) is 21.6 Å². The van der Waals surface area contributed by atoms with E-state index in [0.29, 0.717) is 5.92 Å². The summed E-state index contributed by atoms with van der Waals surface area (Å²) in [4.78, 5) is 5.23. The number of oxime groups is 1. The first-order valence-corrected chi connectivity index (χ1v) is 5.64. The van der Waals surface area contributed by atoms with Gasteiger partial charge in [-0.25, -0.2) is 0 Å². The summed E-state index contributed by atoms with van der Waals surface area (Å²) in [6, 6.07) is 0. The molecule has 0 bridgehead atoms. The third-order valence-corrected chi connectivity index (χ3v) is 4.12. The Kier molecular flexibility index (Phi) is 1.81. The van der Waals surface area contributed by atoms with Gasteiger partial charge in [-0.1, -0.05) is 24.4 Å². The Hall–Kier alpha value is -0.530. The maximum atomic E-state index is 5.23. The molecule has 1 unspecified atom stereocenters. The molecule has 2 heteroatoms. The van der Waals surface area contributed by atoms with Crippen LogP contribution in [0, 0.1) is 17.8 Å². The molecule has 0 radical (unpaired) electrons. The van der Waals surface area contributed by atoms with Crippen LogP contribution >= 0.6 is 0 Å². The average Bonchev–Trinajstić information content (AvgIpc) is 2.65. The van der Waals surface area contributed by atoms with Crippen LogP contribution in [0.5, 0.6) is 0 Å². The average molecular weight is 179 g/mol. The van der Waals surface area contributed by atoms with Gasteiger partial charge in [0.15, 0.2) is 0 Å². The minimum absolute atomic E-state index is 0.707. The van der Waals surface area contributed by atoms with Crippen molar-refractivity contribution < 1.29 is 4.84 Å². The Morgan fingerprint density at radius 1 is 1.15 bits per heavy atom. The maximum Gasteiger partial charge on any atom is 0.125 e. The molecular formula is C11H17NO. The van der Waals surface area contributed by atoms with Crippen molar-refractivity contribution in [2.45, 2.75) is 38.5 Å². The monoisotopic (exact) mass is 179 g/mol. The van der Waals surface area contributed by atoms with Gasteiger partial charge in [-0.05, 0) is 31.1 Å². The van der Waals surface area contributed by atoms with Crippen LogP contribution in [0.2, 0.25) is 0 Å². The standard InChI is InChI=1S/C11H17NO/c1-2-4-9-8(3-1)5-6-11-10(9)7-13-12-11/h8-10H,1-7H2/t8-,9-,10?/m0/s1. The minimum atomic E-state index is 0.707. The molecule has 0 amide bonds. The van der Waals surface area contributed by atoms with Gasteiger partial charge in [-0.15, -0.1) is 0 Å². The molecular weight excluding hydrogens is 162 g/mol. The number of nitrogens with zero attached hydrogens (tertiary/aromatic N) is 1. The highest BCUT2D eigenvalue weighted by Crippen LogP contribution is 2.44. The van der Waals surface area contributed by atoms with Crippen molar-refractivity contribution >= 4 is 5.71 Å². The molecule has 0 aromatic carbocycles. The zero-order valence-electron chi connectivity index (χ0n) is 8.04. The van der Waals surface area contributed by atoms with Gasteiger partial charge in [0.25, 0.3) is 0 Å². The molecule has 1 aliphatic heterocycles. The summed E-state index contributed by atoms with van der Waals surface area (Å²) < 4.78 is 0. The van der Waals surface area contributed by atoms with E-state index < -0.39 is 0 Å². The highest BCUT2D eigenvalue weighted by molar-refractivity contribution is 5.88. The van der Waals surface area contributed by atoms with Gasteiger partial charge in [0, 0.05) is 5.92 Å². The molecule has 2 nitrogen and oxygen atoms in total. The Morgan fingerprint density at radius 2 is 2.08 bits per heavy atom. The third kappa shape index (κ3) is 1.18. The van der Waals surface area contributed by atoms with Gasteiger partial charge in [-0.2, -0.15) is 0 Å². The molecule has 0 saturated heterocycles. The summed E-state index contributed by atoms with van der Waals surface area (Å²) in [6.45, 7) is 0.885. The van der Waals surface area contributed by atoms with E-state index in [1.54, 1.807) is 0 Å². The van der Waals surface area contributed by atoms with Crippen molar-refractivity contribution in [3.63, 3.8) is 0 Å².